The SMILES string of the molecule is Nc1ccc(S(=O)(=O)Nc2ccc(S(N)(=O)=O)cc2)cc1Cl. The van der Waals surface area contributed by atoms with Gasteiger partial charge in [-0.25, -0.2) is 22.0 Å². The van der Waals surface area contributed by atoms with Crippen LogP contribution >= 0.6 is 11.6 Å². The summed E-state index contributed by atoms with van der Waals surface area (Å²) in [7, 11) is -7.71. The predicted molar refractivity (Wildman–Crippen MR) is 84.5 cm³/mol. The lowest BCUT2D eigenvalue weighted by molar-refractivity contribution is 0.597. The zero-order chi connectivity index (χ0) is 16.5. The number of anilines is 2. The van der Waals surface area contributed by atoms with E-state index in [0.29, 0.717) is 0 Å². The van der Waals surface area contributed by atoms with Crippen LogP contribution in [0.15, 0.2) is 52.3 Å². The van der Waals surface area contributed by atoms with Gasteiger partial charge in [0.2, 0.25) is 10.0 Å². The Morgan fingerprint density at radius 2 is 1.45 bits per heavy atom. The van der Waals surface area contributed by atoms with Crippen LogP contribution in [0.5, 0.6) is 0 Å². The Balaban J connectivity index is 2.30. The van der Waals surface area contributed by atoms with Crippen LogP contribution in [0.2, 0.25) is 5.02 Å². The third kappa shape index (κ3) is 3.69. The van der Waals surface area contributed by atoms with E-state index in [4.69, 9.17) is 22.5 Å². The van der Waals surface area contributed by atoms with Crippen LogP contribution in [-0.4, -0.2) is 16.8 Å². The molecule has 22 heavy (non-hydrogen) atoms. The van der Waals surface area contributed by atoms with Gasteiger partial charge in [0.1, 0.15) is 0 Å². The highest BCUT2D eigenvalue weighted by Gasteiger charge is 2.16. The standard InChI is InChI=1S/C12H12ClN3O4S2/c13-11-7-10(5-6-12(11)14)22(19,20)16-8-1-3-9(4-2-8)21(15,17)18/h1-7,16H,14H2,(H2,15,17,18). The van der Waals surface area contributed by atoms with E-state index >= 15 is 0 Å². The number of benzene rings is 2. The molecule has 0 spiro atoms. The monoisotopic (exact) mass is 361 g/mol. The Bertz CT molecular complexity index is 910. The fraction of sp³-hybridized carbons (Fsp3) is 0. The summed E-state index contributed by atoms with van der Waals surface area (Å²) < 4.78 is 48.9. The first-order valence-corrected chi connectivity index (χ1v) is 9.21. The quantitative estimate of drug-likeness (QED) is 0.707. The molecule has 10 heteroatoms. The van der Waals surface area contributed by atoms with Crippen LogP contribution in [0.1, 0.15) is 0 Å². The first kappa shape index (κ1) is 16.6. The molecule has 2 aromatic rings. The molecular formula is C12H12ClN3O4S2. The molecule has 0 fully saturated rings. The van der Waals surface area contributed by atoms with Crippen molar-refractivity contribution in [3.8, 4) is 0 Å². The van der Waals surface area contributed by atoms with Crippen molar-refractivity contribution in [3.63, 3.8) is 0 Å². The first-order valence-electron chi connectivity index (χ1n) is 5.80. The van der Waals surface area contributed by atoms with E-state index < -0.39 is 20.0 Å². The Hall–Kier alpha value is -1.81. The van der Waals surface area contributed by atoms with Gasteiger partial charge in [0.25, 0.3) is 10.0 Å². The predicted octanol–water partition coefficient (Wildman–Crippen LogP) is 1.37. The molecular weight excluding hydrogens is 350 g/mol. The minimum absolute atomic E-state index is 0.0674. The van der Waals surface area contributed by atoms with Crippen LogP contribution in [0.4, 0.5) is 11.4 Å². The van der Waals surface area contributed by atoms with E-state index in [2.05, 4.69) is 4.72 Å². The molecule has 118 valence electrons. The molecule has 2 aromatic carbocycles. The molecule has 0 aliphatic heterocycles. The molecule has 0 aliphatic carbocycles. The summed E-state index contributed by atoms with van der Waals surface area (Å²) in [5.74, 6) is 0. The molecule has 0 bridgehead atoms. The average Bonchev–Trinajstić information content (AvgIpc) is 2.41. The minimum atomic E-state index is -3.87. The van der Waals surface area contributed by atoms with Crippen molar-refractivity contribution in [1.29, 1.82) is 0 Å². The van der Waals surface area contributed by atoms with E-state index in [0.717, 1.165) is 0 Å². The molecule has 0 aromatic heterocycles. The van der Waals surface area contributed by atoms with Gasteiger partial charge in [-0.2, -0.15) is 0 Å². The van der Waals surface area contributed by atoms with Gasteiger partial charge in [-0.1, -0.05) is 11.6 Å². The maximum Gasteiger partial charge on any atom is 0.261 e. The lowest BCUT2D eigenvalue weighted by Crippen LogP contribution is -2.14. The van der Waals surface area contributed by atoms with E-state index in [1.165, 1.54) is 42.5 Å². The van der Waals surface area contributed by atoms with Crippen LogP contribution in [0, 0.1) is 0 Å². The molecule has 7 nitrogen and oxygen atoms in total. The topological polar surface area (TPSA) is 132 Å². The van der Waals surface area contributed by atoms with Crippen molar-refractivity contribution in [2.24, 2.45) is 5.14 Å². The van der Waals surface area contributed by atoms with Crippen LogP contribution in [-0.2, 0) is 20.0 Å². The molecule has 0 aliphatic rings. The van der Waals surface area contributed by atoms with Crippen LogP contribution in [0.25, 0.3) is 0 Å². The second kappa shape index (κ2) is 5.76. The number of sulfonamides is 2. The second-order valence-electron chi connectivity index (χ2n) is 4.36. The van der Waals surface area contributed by atoms with Gasteiger partial charge >= 0.3 is 0 Å². The molecule has 0 atom stereocenters. The normalized spacial score (nSPS) is 12.1. The number of hydrogen-bond acceptors (Lipinski definition) is 5. The Morgan fingerprint density at radius 1 is 0.909 bits per heavy atom. The van der Waals surface area contributed by atoms with E-state index in [9.17, 15) is 16.8 Å². The lowest BCUT2D eigenvalue weighted by atomic mass is 10.3. The summed E-state index contributed by atoms with van der Waals surface area (Å²) in [4.78, 5) is -0.187. The highest BCUT2D eigenvalue weighted by molar-refractivity contribution is 7.92. The number of hydrogen-bond donors (Lipinski definition) is 3. The van der Waals surface area contributed by atoms with Gasteiger partial charge in [-0.15, -0.1) is 0 Å². The molecule has 0 unspecified atom stereocenters. The van der Waals surface area contributed by atoms with Crippen molar-refractivity contribution >= 4 is 43.0 Å². The molecule has 0 amide bonds. The lowest BCUT2D eigenvalue weighted by Gasteiger charge is -2.09. The zero-order valence-corrected chi connectivity index (χ0v) is 13.4. The molecule has 0 saturated carbocycles. The summed E-state index contributed by atoms with van der Waals surface area (Å²) in [6.07, 6.45) is 0. The fourth-order valence-corrected chi connectivity index (χ4v) is 3.45. The van der Waals surface area contributed by atoms with Crippen molar-refractivity contribution < 1.29 is 16.8 Å². The van der Waals surface area contributed by atoms with Crippen molar-refractivity contribution in [1.82, 2.24) is 0 Å². The van der Waals surface area contributed by atoms with Gasteiger partial charge < -0.3 is 5.73 Å². The molecule has 0 radical (unpaired) electrons. The summed E-state index contributed by atoms with van der Waals surface area (Å²) in [6, 6.07) is 8.87. The molecule has 0 saturated heterocycles. The van der Waals surface area contributed by atoms with Crippen LogP contribution < -0.4 is 15.6 Å². The number of nitrogens with two attached hydrogens (primary N) is 2. The molecule has 0 heterocycles. The minimum Gasteiger partial charge on any atom is -0.398 e. The average molecular weight is 362 g/mol. The highest BCUT2D eigenvalue weighted by atomic mass is 35.5. The van der Waals surface area contributed by atoms with E-state index in [1.807, 2.05) is 0 Å². The van der Waals surface area contributed by atoms with E-state index in [1.54, 1.807) is 0 Å². The van der Waals surface area contributed by atoms with Gasteiger partial charge in [0.15, 0.2) is 0 Å². The van der Waals surface area contributed by atoms with Crippen molar-refractivity contribution in [2.45, 2.75) is 9.79 Å². The summed E-state index contributed by atoms with van der Waals surface area (Å²) >= 11 is 5.80. The van der Waals surface area contributed by atoms with Crippen molar-refractivity contribution in [3.05, 3.63) is 47.5 Å². The van der Waals surface area contributed by atoms with Gasteiger partial charge in [0, 0.05) is 5.69 Å². The fourth-order valence-electron chi connectivity index (χ4n) is 1.60. The number of nitrogen functional groups attached to an aromatic ring is 1. The number of halogens is 1. The second-order valence-corrected chi connectivity index (χ2v) is 8.01. The number of nitrogens with one attached hydrogen (secondary N) is 1. The number of primary sulfonamides is 1. The van der Waals surface area contributed by atoms with Gasteiger partial charge in [0.05, 0.1) is 20.5 Å². The third-order valence-electron chi connectivity index (χ3n) is 2.72. The Labute approximate surface area is 133 Å². The van der Waals surface area contributed by atoms with Crippen molar-refractivity contribution in [2.75, 3.05) is 10.5 Å². The smallest absolute Gasteiger partial charge is 0.261 e. The maximum absolute atomic E-state index is 12.2. The zero-order valence-electron chi connectivity index (χ0n) is 11.0. The largest absolute Gasteiger partial charge is 0.398 e. The third-order valence-corrected chi connectivity index (χ3v) is 5.35. The number of rotatable bonds is 4. The Kier molecular flexibility index (Phi) is 4.34. The highest BCUT2D eigenvalue weighted by Crippen LogP contribution is 2.24. The summed E-state index contributed by atoms with van der Waals surface area (Å²) in [5.41, 5.74) is 5.97. The molecule has 2 rings (SSSR count). The van der Waals surface area contributed by atoms with Gasteiger partial charge in [-0.05, 0) is 42.5 Å². The van der Waals surface area contributed by atoms with Crippen LogP contribution in [0.3, 0.4) is 0 Å². The Morgan fingerprint density at radius 3 is 1.95 bits per heavy atom. The van der Waals surface area contributed by atoms with Gasteiger partial charge in [-0.3, -0.25) is 4.72 Å². The summed E-state index contributed by atoms with van der Waals surface area (Å²) in [5, 5.41) is 5.08. The summed E-state index contributed by atoms with van der Waals surface area (Å²) in [6.45, 7) is 0. The maximum atomic E-state index is 12.2. The van der Waals surface area contributed by atoms with E-state index in [-0.39, 0.29) is 26.2 Å². The molecule has 5 N–H and O–H groups in total. The first-order chi connectivity index (χ1) is 10.1.